The van der Waals surface area contributed by atoms with Crippen LogP contribution >= 0.6 is 11.6 Å². The maximum Gasteiger partial charge on any atom is 0.172 e. The van der Waals surface area contributed by atoms with Crippen molar-refractivity contribution in [1.82, 2.24) is 15.0 Å². The van der Waals surface area contributed by atoms with Gasteiger partial charge in [-0.05, 0) is 23.8 Å². The first-order chi connectivity index (χ1) is 10.3. The van der Waals surface area contributed by atoms with Crippen molar-refractivity contribution in [2.75, 3.05) is 0 Å². The molecule has 5 heteroatoms. The molecule has 3 rings (SSSR count). The van der Waals surface area contributed by atoms with Gasteiger partial charge in [-0.3, -0.25) is 4.79 Å². The van der Waals surface area contributed by atoms with E-state index in [4.69, 9.17) is 11.6 Å². The number of aromatic nitrogens is 3. The maximum absolute atomic E-state index is 11.2. The average molecular weight is 298 g/mol. The molecular formula is C16H12ClN3O. The lowest BCUT2D eigenvalue weighted by Gasteiger charge is -2.07. The van der Waals surface area contributed by atoms with Crippen LogP contribution in [0.4, 0.5) is 0 Å². The number of benzene rings is 2. The first-order valence-electron chi connectivity index (χ1n) is 6.47. The molecule has 1 heterocycles. The van der Waals surface area contributed by atoms with Crippen LogP contribution in [0.1, 0.15) is 21.7 Å². The Morgan fingerprint density at radius 2 is 1.90 bits per heavy atom. The van der Waals surface area contributed by atoms with Crippen LogP contribution in [0.2, 0.25) is 5.02 Å². The van der Waals surface area contributed by atoms with Gasteiger partial charge in [-0.15, -0.1) is 5.10 Å². The fraction of sp³-hybridized carbons (Fsp3) is 0.0625. The van der Waals surface area contributed by atoms with Gasteiger partial charge in [-0.25, -0.2) is 4.68 Å². The Morgan fingerprint density at radius 1 is 1.10 bits per heavy atom. The second kappa shape index (κ2) is 5.89. The molecule has 21 heavy (non-hydrogen) atoms. The highest BCUT2D eigenvalue weighted by atomic mass is 35.5. The van der Waals surface area contributed by atoms with E-state index >= 15 is 0 Å². The molecule has 0 fully saturated rings. The van der Waals surface area contributed by atoms with E-state index in [1.54, 1.807) is 16.8 Å². The molecule has 0 N–H and O–H groups in total. The van der Waals surface area contributed by atoms with E-state index in [9.17, 15) is 4.79 Å². The Hall–Kier alpha value is -2.46. The Kier molecular flexibility index (Phi) is 3.79. The molecular weight excluding hydrogens is 286 g/mol. The molecule has 0 aliphatic rings. The Bertz CT molecular complexity index is 768. The molecule has 104 valence electrons. The summed E-state index contributed by atoms with van der Waals surface area (Å²) >= 11 is 6.02. The number of aldehydes is 1. The van der Waals surface area contributed by atoms with Gasteiger partial charge in [0.05, 0.1) is 11.4 Å². The standard InChI is InChI=1S/C16H12ClN3O/c17-13-7-4-8-14(10-13)20-16(15(11-21)18-19-20)9-12-5-2-1-3-6-12/h1-8,10-11H,9H2. The third kappa shape index (κ3) is 2.85. The molecule has 0 spiro atoms. The van der Waals surface area contributed by atoms with Gasteiger partial charge in [0.15, 0.2) is 6.29 Å². The van der Waals surface area contributed by atoms with E-state index in [2.05, 4.69) is 10.3 Å². The molecule has 0 radical (unpaired) electrons. The van der Waals surface area contributed by atoms with Crippen molar-refractivity contribution >= 4 is 17.9 Å². The van der Waals surface area contributed by atoms with E-state index in [0.29, 0.717) is 17.1 Å². The van der Waals surface area contributed by atoms with Gasteiger partial charge >= 0.3 is 0 Å². The normalized spacial score (nSPS) is 10.5. The lowest BCUT2D eigenvalue weighted by atomic mass is 10.1. The van der Waals surface area contributed by atoms with E-state index < -0.39 is 0 Å². The summed E-state index contributed by atoms with van der Waals surface area (Å²) in [5.41, 5.74) is 2.97. The average Bonchev–Trinajstić information content (AvgIpc) is 2.91. The summed E-state index contributed by atoms with van der Waals surface area (Å²) in [6, 6.07) is 17.2. The summed E-state index contributed by atoms with van der Waals surface area (Å²) in [6.45, 7) is 0. The SMILES string of the molecule is O=Cc1nnn(-c2cccc(Cl)c2)c1Cc1ccccc1. The van der Waals surface area contributed by atoms with Crippen molar-refractivity contribution < 1.29 is 4.79 Å². The fourth-order valence-electron chi connectivity index (χ4n) is 2.17. The minimum atomic E-state index is 0.346. The molecule has 0 aliphatic heterocycles. The van der Waals surface area contributed by atoms with E-state index in [1.807, 2.05) is 42.5 Å². The Balaban J connectivity index is 2.06. The summed E-state index contributed by atoms with van der Waals surface area (Å²) in [7, 11) is 0. The Morgan fingerprint density at radius 3 is 2.62 bits per heavy atom. The summed E-state index contributed by atoms with van der Waals surface area (Å²) in [5.74, 6) is 0. The van der Waals surface area contributed by atoms with Crippen LogP contribution in [0.15, 0.2) is 54.6 Å². The minimum absolute atomic E-state index is 0.346. The number of hydrogen-bond acceptors (Lipinski definition) is 3. The second-order valence-corrected chi connectivity index (χ2v) is 5.03. The summed E-state index contributed by atoms with van der Waals surface area (Å²) in [4.78, 5) is 11.2. The second-order valence-electron chi connectivity index (χ2n) is 4.59. The molecule has 0 unspecified atom stereocenters. The van der Waals surface area contributed by atoms with Crippen LogP contribution in [0.25, 0.3) is 5.69 Å². The molecule has 0 aliphatic carbocycles. The molecule has 3 aromatic rings. The van der Waals surface area contributed by atoms with Crippen LogP contribution in [0.3, 0.4) is 0 Å². The van der Waals surface area contributed by atoms with Crippen LogP contribution in [-0.4, -0.2) is 21.3 Å². The highest BCUT2D eigenvalue weighted by Crippen LogP contribution is 2.19. The number of carbonyl (C=O) groups excluding carboxylic acids is 1. The molecule has 1 aromatic heterocycles. The summed E-state index contributed by atoms with van der Waals surface area (Å²) in [6.07, 6.45) is 1.31. The number of rotatable bonds is 4. The maximum atomic E-state index is 11.2. The van der Waals surface area contributed by atoms with Gasteiger partial charge in [0.1, 0.15) is 5.69 Å². The minimum Gasteiger partial charge on any atom is -0.296 e. The number of hydrogen-bond donors (Lipinski definition) is 0. The van der Waals surface area contributed by atoms with Gasteiger partial charge in [0.25, 0.3) is 0 Å². The topological polar surface area (TPSA) is 47.8 Å². The van der Waals surface area contributed by atoms with Gasteiger partial charge in [-0.2, -0.15) is 0 Å². The zero-order valence-corrected chi connectivity index (χ0v) is 11.9. The third-order valence-corrected chi connectivity index (χ3v) is 3.41. The lowest BCUT2D eigenvalue weighted by Crippen LogP contribution is -2.04. The van der Waals surface area contributed by atoms with Crippen molar-refractivity contribution in [1.29, 1.82) is 0 Å². The molecule has 0 saturated heterocycles. The molecule has 0 atom stereocenters. The van der Waals surface area contributed by atoms with Gasteiger partial charge in [-0.1, -0.05) is 53.2 Å². The van der Waals surface area contributed by atoms with Crippen molar-refractivity contribution in [2.24, 2.45) is 0 Å². The number of halogens is 1. The van der Waals surface area contributed by atoms with Crippen molar-refractivity contribution in [2.45, 2.75) is 6.42 Å². The molecule has 0 amide bonds. The molecule has 4 nitrogen and oxygen atoms in total. The molecule has 0 bridgehead atoms. The highest BCUT2D eigenvalue weighted by Gasteiger charge is 2.14. The van der Waals surface area contributed by atoms with E-state index in [-0.39, 0.29) is 0 Å². The quantitative estimate of drug-likeness (QED) is 0.694. The Labute approximate surface area is 127 Å². The lowest BCUT2D eigenvalue weighted by molar-refractivity contribution is 0.111. The summed E-state index contributed by atoms with van der Waals surface area (Å²) in [5, 5.41) is 8.62. The van der Waals surface area contributed by atoms with Crippen LogP contribution in [0, 0.1) is 0 Å². The van der Waals surface area contributed by atoms with Crippen molar-refractivity contribution in [3.63, 3.8) is 0 Å². The van der Waals surface area contributed by atoms with Crippen LogP contribution < -0.4 is 0 Å². The highest BCUT2D eigenvalue weighted by molar-refractivity contribution is 6.30. The smallest absolute Gasteiger partial charge is 0.172 e. The predicted octanol–water partition coefficient (Wildman–Crippen LogP) is 3.32. The fourth-order valence-corrected chi connectivity index (χ4v) is 2.36. The number of carbonyl (C=O) groups is 1. The summed E-state index contributed by atoms with van der Waals surface area (Å²) < 4.78 is 1.66. The number of nitrogens with zero attached hydrogens (tertiary/aromatic N) is 3. The predicted molar refractivity (Wildman–Crippen MR) is 81.0 cm³/mol. The van der Waals surface area contributed by atoms with E-state index in [0.717, 1.165) is 23.2 Å². The van der Waals surface area contributed by atoms with Crippen molar-refractivity contribution in [3.05, 3.63) is 76.6 Å². The zero-order valence-electron chi connectivity index (χ0n) is 11.1. The molecule has 0 saturated carbocycles. The molecule has 2 aromatic carbocycles. The van der Waals surface area contributed by atoms with Gasteiger partial charge < -0.3 is 0 Å². The van der Waals surface area contributed by atoms with E-state index in [1.165, 1.54) is 0 Å². The zero-order chi connectivity index (χ0) is 14.7. The van der Waals surface area contributed by atoms with Crippen molar-refractivity contribution in [3.8, 4) is 5.69 Å². The third-order valence-electron chi connectivity index (χ3n) is 3.17. The largest absolute Gasteiger partial charge is 0.296 e. The van der Waals surface area contributed by atoms with Gasteiger partial charge in [0, 0.05) is 11.4 Å². The van der Waals surface area contributed by atoms with Gasteiger partial charge in [0.2, 0.25) is 0 Å². The first-order valence-corrected chi connectivity index (χ1v) is 6.85. The van der Waals surface area contributed by atoms with Crippen LogP contribution in [-0.2, 0) is 6.42 Å². The first kappa shape index (κ1) is 13.5. The van der Waals surface area contributed by atoms with Crippen LogP contribution in [0.5, 0.6) is 0 Å². The monoisotopic (exact) mass is 297 g/mol.